The zero-order valence-corrected chi connectivity index (χ0v) is 21.4. The number of aliphatic hydroxyl groups is 1. The summed E-state index contributed by atoms with van der Waals surface area (Å²) in [5.41, 5.74) is 0.716. The third-order valence-corrected chi connectivity index (χ3v) is 7.53. The van der Waals surface area contributed by atoms with Crippen molar-refractivity contribution >= 4 is 39.9 Å². The number of pyridine rings is 1. The number of hydrogen-bond acceptors (Lipinski definition) is 5. The third-order valence-electron chi connectivity index (χ3n) is 7.30. The number of nitrogens with zero attached hydrogens (tertiary/aromatic N) is 2. The molecule has 8 nitrogen and oxygen atoms in total. The lowest BCUT2D eigenvalue weighted by molar-refractivity contribution is -0.131. The summed E-state index contributed by atoms with van der Waals surface area (Å²) >= 11 is 6.10. The first-order valence-corrected chi connectivity index (χ1v) is 12.6. The molecule has 0 radical (unpaired) electrons. The summed E-state index contributed by atoms with van der Waals surface area (Å²) in [5, 5.41) is 14.2. The van der Waals surface area contributed by atoms with E-state index in [1.54, 1.807) is 17.9 Å². The quantitative estimate of drug-likeness (QED) is 0.483. The Morgan fingerprint density at radius 1 is 1.24 bits per heavy atom. The van der Waals surface area contributed by atoms with Crippen LogP contribution in [0.3, 0.4) is 0 Å². The number of carbonyl (C=O) groups is 2. The fourth-order valence-corrected chi connectivity index (χ4v) is 5.44. The van der Waals surface area contributed by atoms with E-state index in [4.69, 9.17) is 11.6 Å². The highest BCUT2D eigenvalue weighted by Crippen LogP contribution is 2.31. The van der Waals surface area contributed by atoms with Crippen LogP contribution < -0.4 is 10.9 Å². The number of aromatic nitrogens is 1. The number of halogens is 2. The van der Waals surface area contributed by atoms with E-state index in [9.17, 15) is 23.9 Å². The number of anilines is 1. The van der Waals surface area contributed by atoms with Crippen LogP contribution in [-0.2, 0) is 11.2 Å². The smallest absolute Gasteiger partial charge is 0.270 e. The van der Waals surface area contributed by atoms with Crippen LogP contribution in [0.4, 0.5) is 10.1 Å². The predicted molar refractivity (Wildman–Crippen MR) is 139 cm³/mol. The van der Waals surface area contributed by atoms with E-state index in [0.717, 1.165) is 17.2 Å². The summed E-state index contributed by atoms with van der Waals surface area (Å²) in [4.78, 5) is 44.3. The number of likely N-dealkylation sites (tertiary alicyclic amines) is 1. The van der Waals surface area contributed by atoms with Gasteiger partial charge in [0.15, 0.2) is 0 Å². The van der Waals surface area contributed by atoms with Crippen molar-refractivity contribution in [3.63, 3.8) is 0 Å². The molecule has 0 bridgehead atoms. The molecule has 0 saturated carbocycles. The number of amides is 2. The van der Waals surface area contributed by atoms with Crippen LogP contribution in [0.2, 0.25) is 5.02 Å². The number of fused-ring (bicyclic) bond motifs is 2. The number of H-pyrrole nitrogens is 1. The highest BCUT2D eigenvalue weighted by molar-refractivity contribution is 6.30. The Morgan fingerprint density at radius 2 is 2.03 bits per heavy atom. The molecule has 2 aromatic carbocycles. The van der Waals surface area contributed by atoms with E-state index in [2.05, 4.69) is 10.3 Å². The van der Waals surface area contributed by atoms with Gasteiger partial charge in [-0.1, -0.05) is 17.7 Å². The van der Waals surface area contributed by atoms with Crippen molar-refractivity contribution in [1.82, 2.24) is 14.8 Å². The number of benzene rings is 2. The van der Waals surface area contributed by atoms with Crippen LogP contribution in [-0.4, -0.2) is 63.5 Å². The molecular weight excluding hydrogens is 499 g/mol. The van der Waals surface area contributed by atoms with Crippen molar-refractivity contribution in [2.45, 2.75) is 38.3 Å². The summed E-state index contributed by atoms with van der Waals surface area (Å²) in [5.74, 6) is -1.27. The highest BCUT2D eigenvalue weighted by atomic mass is 35.5. The molecule has 1 aromatic heterocycles. The van der Waals surface area contributed by atoms with E-state index in [1.165, 1.54) is 17.0 Å². The number of aromatic amines is 1. The molecule has 3 N–H and O–H groups in total. The average molecular weight is 527 g/mol. The molecule has 0 spiro atoms. The number of rotatable bonds is 4. The molecule has 1 fully saturated rings. The predicted octanol–water partition coefficient (Wildman–Crippen LogP) is 3.48. The van der Waals surface area contributed by atoms with Crippen molar-refractivity contribution < 1.29 is 19.1 Å². The van der Waals surface area contributed by atoms with E-state index in [-0.39, 0.29) is 41.8 Å². The van der Waals surface area contributed by atoms with Gasteiger partial charge in [-0.05, 0) is 73.5 Å². The van der Waals surface area contributed by atoms with Crippen LogP contribution in [0.5, 0.6) is 0 Å². The van der Waals surface area contributed by atoms with E-state index >= 15 is 0 Å². The van der Waals surface area contributed by atoms with Crippen LogP contribution in [0.15, 0.2) is 41.2 Å². The molecule has 37 heavy (non-hydrogen) atoms. The molecule has 0 aliphatic carbocycles. The molecule has 1 saturated heterocycles. The van der Waals surface area contributed by atoms with Crippen molar-refractivity contribution in [2.24, 2.45) is 0 Å². The Hall–Kier alpha value is -3.43. The molecule has 3 aromatic rings. The normalized spacial score (nSPS) is 21.3. The number of β-amino-alcohol motifs (C(OH)–C–C–N with tert-alkyl or cyclic N) is 1. The van der Waals surface area contributed by atoms with Crippen molar-refractivity contribution in [3.8, 4) is 0 Å². The Balaban J connectivity index is 1.34. The maximum Gasteiger partial charge on any atom is 0.270 e. The third kappa shape index (κ3) is 4.93. The lowest BCUT2D eigenvalue weighted by Crippen LogP contribution is -2.41. The highest BCUT2D eigenvalue weighted by Gasteiger charge is 2.35. The van der Waals surface area contributed by atoms with Gasteiger partial charge in [-0.25, -0.2) is 4.39 Å². The maximum absolute atomic E-state index is 14.8. The van der Waals surface area contributed by atoms with Crippen molar-refractivity contribution in [2.75, 3.05) is 31.5 Å². The first kappa shape index (κ1) is 25.2. The minimum Gasteiger partial charge on any atom is -0.388 e. The molecule has 2 aliphatic rings. The minimum absolute atomic E-state index is 0.0599. The minimum atomic E-state index is -0.972. The number of nitrogens with one attached hydrogen (secondary N) is 2. The lowest BCUT2D eigenvalue weighted by atomic mass is 9.93. The lowest BCUT2D eigenvalue weighted by Gasteiger charge is -2.35. The summed E-state index contributed by atoms with van der Waals surface area (Å²) in [6.45, 7) is 4.54. The molecule has 3 heterocycles. The van der Waals surface area contributed by atoms with Gasteiger partial charge in [0.25, 0.3) is 11.5 Å². The Bertz CT molecular complexity index is 1470. The Kier molecular flexibility index (Phi) is 6.45. The first-order valence-electron chi connectivity index (χ1n) is 12.2. The molecular formula is C27H28ClFN4O4. The van der Waals surface area contributed by atoms with Crippen LogP contribution in [0.25, 0.3) is 10.8 Å². The van der Waals surface area contributed by atoms with Gasteiger partial charge < -0.3 is 25.2 Å². The second-order valence-corrected chi connectivity index (χ2v) is 10.6. The molecule has 194 valence electrons. The number of hydrogen-bond donors (Lipinski definition) is 3. The van der Waals surface area contributed by atoms with Gasteiger partial charge in [0.1, 0.15) is 11.5 Å². The Labute approximate surface area is 218 Å². The second-order valence-electron chi connectivity index (χ2n) is 10.1. The fourth-order valence-electron chi connectivity index (χ4n) is 5.24. The van der Waals surface area contributed by atoms with Crippen LogP contribution in [0.1, 0.15) is 47.9 Å². The first-order chi connectivity index (χ1) is 17.5. The maximum atomic E-state index is 14.8. The topological polar surface area (TPSA) is 106 Å². The second kappa shape index (κ2) is 9.46. The van der Waals surface area contributed by atoms with E-state index < -0.39 is 22.9 Å². The standard InChI is InChI=1S/C27H28ClFN4O4/c1-15-19-4-3-18(28)9-16(19)5-7-33(15)24(34)13-30-22-10-17-11-23(31-25(35)20(17)12-21(22)29)26(36)32-8-6-27(2,37)14-32/h3-4,9-12,15,30,37H,5-8,13-14H2,1-2H3,(H,31,35)/t15-,27-/m0/s1. The molecule has 2 aliphatic heterocycles. The van der Waals surface area contributed by atoms with Gasteiger partial charge in [-0.3, -0.25) is 14.4 Å². The molecule has 5 rings (SSSR count). The summed E-state index contributed by atoms with van der Waals surface area (Å²) in [6, 6.07) is 9.53. The summed E-state index contributed by atoms with van der Waals surface area (Å²) in [6.07, 6.45) is 1.13. The Morgan fingerprint density at radius 3 is 2.76 bits per heavy atom. The zero-order valence-electron chi connectivity index (χ0n) is 20.6. The largest absolute Gasteiger partial charge is 0.388 e. The van der Waals surface area contributed by atoms with Gasteiger partial charge in [-0.15, -0.1) is 0 Å². The number of carbonyl (C=O) groups excluding carboxylic acids is 2. The SMILES string of the molecule is C[C@H]1c2ccc(Cl)cc2CCN1C(=O)CNc1cc2cc(C(=O)N3CC[C@](C)(O)C3)[nH]c(=O)c2cc1F. The van der Waals surface area contributed by atoms with Gasteiger partial charge in [0, 0.05) is 24.7 Å². The summed E-state index contributed by atoms with van der Waals surface area (Å²) < 4.78 is 14.8. The zero-order chi connectivity index (χ0) is 26.5. The fraction of sp³-hybridized carbons (Fsp3) is 0.370. The molecule has 0 unspecified atom stereocenters. The van der Waals surface area contributed by atoms with Gasteiger partial charge >= 0.3 is 0 Å². The monoisotopic (exact) mass is 526 g/mol. The van der Waals surface area contributed by atoms with Gasteiger partial charge in [0.2, 0.25) is 5.91 Å². The molecule has 10 heteroatoms. The van der Waals surface area contributed by atoms with E-state index in [1.807, 2.05) is 19.1 Å². The van der Waals surface area contributed by atoms with Crippen molar-refractivity contribution in [1.29, 1.82) is 0 Å². The molecule has 2 atom stereocenters. The van der Waals surface area contributed by atoms with Gasteiger partial charge in [0.05, 0.1) is 29.3 Å². The van der Waals surface area contributed by atoms with Crippen LogP contribution >= 0.6 is 11.6 Å². The molecule has 2 amide bonds. The average Bonchev–Trinajstić information content (AvgIpc) is 3.22. The van der Waals surface area contributed by atoms with E-state index in [0.29, 0.717) is 36.3 Å². The van der Waals surface area contributed by atoms with Crippen molar-refractivity contribution in [3.05, 3.63) is 74.4 Å². The summed E-state index contributed by atoms with van der Waals surface area (Å²) in [7, 11) is 0. The van der Waals surface area contributed by atoms with Gasteiger partial charge in [-0.2, -0.15) is 0 Å². The van der Waals surface area contributed by atoms with Crippen LogP contribution in [0, 0.1) is 5.82 Å².